The normalized spacial score (nSPS) is 16.0. The minimum atomic E-state index is 0.120. The quantitative estimate of drug-likeness (QED) is 0.702. The first-order valence-corrected chi connectivity index (χ1v) is 4.74. The molecule has 0 bridgehead atoms. The van der Waals surface area contributed by atoms with Crippen molar-refractivity contribution in [3.63, 3.8) is 0 Å². The standard InChI is InChI=1S/C10H13N3O/c14-10(8-5-11-6-8)13-7-9-3-1-2-4-12-9/h1-4,8,11H,5-7H2,(H,13,14). The number of nitrogens with one attached hydrogen (secondary N) is 2. The zero-order valence-corrected chi connectivity index (χ0v) is 7.86. The number of rotatable bonds is 3. The number of nitrogens with zero attached hydrogens (tertiary/aromatic N) is 1. The monoisotopic (exact) mass is 191 g/mol. The molecular formula is C10H13N3O. The van der Waals surface area contributed by atoms with Gasteiger partial charge in [0.2, 0.25) is 5.91 Å². The van der Waals surface area contributed by atoms with Gasteiger partial charge in [0.15, 0.2) is 0 Å². The third-order valence-corrected chi connectivity index (χ3v) is 2.32. The summed E-state index contributed by atoms with van der Waals surface area (Å²) in [4.78, 5) is 15.5. The van der Waals surface area contributed by atoms with Crippen LogP contribution < -0.4 is 10.6 Å². The van der Waals surface area contributed by atoms with Crippen molar-refractivity contribution in [3.05, 3.63) is 30.1 Å². The average molecular weight is 191 g/mol. The van der Waals surface area contributed by atoms with Crippen molar-refractivity contribution in [1.82, 2.24) is 15.6 Å². The number of hydrogen-bond donors (Lipinski definition) is 2. The Morgan fingerprint density at radius 2 is 2.43 bits per heavy atom. The first-order chi connectivity index (χ1) is 6.86. The molecule has 4 heteroatoms. The molecule has 2 N–H and O–H groups in total. The SMILES string of the molecule is O=C(NCc1ccccn1)C1CNC1. The van der Waals surface area contributed by atoms with Crippen LogP contribution in [0.5, 0.6) is 0 Å². The highest BCUT2D eigenvalue weighted by molar-refractivity contribution is 5.79. The van der Waals surface area contributed by atoms with Crippen LogP contribution in [0.1, 0.15) is 5.69 Å². The smallest absolute Gasteiger partial charge is 0.226 e. The summed E-state index contributed by atoms with van der Waals surface area (Å²) >= 11 is 0. The Labute approximate surface area is 82.7 Å². The molecule has 1 fully saturated rings. The van der Waals surface area contributed by atoms with E-state index in [4.69, 9.17) is 0 Å². The van der Waals surface area contributed by atoms with E-state index < -0.39 is 0 Å². The van der Waals surface area contributed by atoms with Crippen LogP contribution in [0.25, 0.3) is 0 Å². The van der Waals surface area contributed by atoms with E-state index in [9.17, 15) is 4.79 Å². The van der Waals surface area contributed by atoms with E-state index in [2.05, 4.69) is 15.6 Å². The van der Waals surface area contributed by atoms with Gasteiger partial charge in [-0.25, -0.2) is 0 Å². The number of aromatic nitrogens is 1. The molecule has 74 valence electrons. The van der Waals surface area contributed by atoms with Gasteiger partial charge in [-0.15, -0.1) is 0 Å². The zero-order chi connectivity index (χ0) is 9.80. The Kier molecular flexibility index (Phi) is 2.74. The summed E-state index contributed by atoms with van der Waals surface area (Å²) in [5, 5.41) is 5.92. The van der Waals surface area contributed by atoms with Crippen LogP contribution in [0.4, 0.5) is 0 Å². The van der Waals surface area contributed by atoms with E-state index in [1.807, 2.05) is 18.2 Å². The average Bonchev–Trinajstić information content (AvgIpc) is 2.14. The minimum absolute atomic E-state index is 0.120. The predicted octanol–water partition coefficient (Wildman–Crippen LogP) is -0.0828. The van der Waals surface area contributed by atoms with E-state index in [1.54, 1.807) is 6.20 Å². The summed E-state index contributed by atoms with van der Waals surface area (Å²) in [6.07, 6.45) is 1.73. The third kappa shape index (κ3) is 2.09. The molecule has 4 nitrogen and oxygen atoms in total. The molecule has 1 saturated heterocycles. The Morgan fingerprint density at radius 3 is 3.00 bits per heavy atom. The van der Waals surface area contributed by atoms with Gasteiger partial charge in [-0.2, -0.15) is 0 Å². The van der Waals surface area contributed by atoms with Crippen LogP contribution in [-0.2, 0) is 11.3 Å². The number of amides is 1. The highest BCUT2D eigenvalue weighted by Crippen LogP contribution is 2.02. The summed E-state index contributed by atoms with van der Waals surface area (Å²) in [5.74, 6) is 0.271. The van der Waals surface area contributed by atoms with Crippen molar-refractivity contribution in [3.8, 4) is 0 Å². The third-order valence-electron chi connectivity index (χ3n) is 2.32. The van der Waals surface area contributed by atoms with Crippen molar-refractivity contribution >= 4 is 5.91 Å². The van der Waals surface area contributed by atoms with Crippen LogP contribution in [0.3, 0.4) is 0 Å². The summed E-state index contributed by atoms with van der Waals surface area (Å²) in [5.41, 5.74) is 0.896. The fraction of sp³-hybridized carbons (Fsp3) is 0.400. The van der Waals surface area contributed by atoms with Gasteiger partial charge in [-0.05, 0) is 12.1 Å². The van der Waals surface area contributed by atoms with Crippen LogP contribution in [0, 0.1) is 5.92 Å². The molecule has 1 amide bonds. The maximum Gasteiger partial charge on any atom is 0.226 e. The van der Waals surface area contributed by atoms with E-state index in [0.29, 0.717) is 6.54 Å². The topological polar surface area (TPSA) is 54.0 Å². The number of carbonyl (C=O) groups excluding carboxylic acids is 1. The van der Waals surface area contributed by atoms with Gasteiger partial charge in [0, 0.05) is 19.3 Å². The number of pyridine rings is 1. The highest BCUT2D eigenvalue weighted by atomic mass is 16.2. The lowest BCUT2D eigenvalue weighted by Crippen LogP contribution is -2.50. The van der Waals surface area contributed by atoms with Crippen molar-refractivity contribution in [2.75, 3.05) is 13.1 Å². The molecular weight excluding hydrogens is 178 g/mol. The van der Waals surface area contributed by atoms with Gasteiger partial charge in [-0.3, -0.25) is 9.78 Å². The van der Waals surface area contributed by atoms with Gasteiger partial charge >= 0.3 is 0 Å². The Bertz CT molecular complexity index is 308. The molecule has 0 aromatic carbocycles. The summed E-state index contributed by atoms with van der Waals surface area (Å²) in [7, 11) is 0. The molecule has 0 spiro atoms. The number of hydrogen-bond acceptors (Lipinski definition) is 3. The molecule has 1 aromatic heterocycles. The second-order valence-electron chi connectivity index (χ2n) is 3.39. The van der Waals surface area contributed by atoms with Gasteiger partial charge in [0.1, 0.15) is 0 Å². The molecule has 2 rings (SSSR count). The van der Waals surface area contributed by atoms with E-state index in [-0.39, 0.29) is 11.8 Å². The lowest BCUT2D eigenvalue weighted by Gasteiger charge is -2.25. The van der Waals surface area contributed by atoms with E-state index in [1.165, 1.54) is 0 Å². The molecule has 1 aliphatic rings. The van der Waals surface area contributed by atoms with Gasteiger partial charge in [0.25, 0.3) is 0 Å². The molecule has 0 aliphatic carbocycles. The minimum Gasteiger partial charge on any atom is -0.350 e. The predicted molar refractivity (Wildman–Crippen MR) is 52.4 cm³/mol. The molecule has 0 saturated carbocycles. The van der Waals surface area contributed by atoms with Crippen molar-refractivity contribution in [2.24, 2.45) is 5.92 Å². The first-order valence-electron chi connectivity index (χ1n) is 4.74. The number of carbonyl (C=O) groups is 1. The zero-order valence-electron chi connectivity index (χ0n) is 7.86. The lowest BCUT2D eigenvalue weighted by atomic mass is 10.0. The summed E-state index contributed by atoms with van der Waals surface area (Å²) < 4.78 is 0. The molecule has 2 heterocycles. The Hall–Kier alpha value is -1.42. The second kappa shape index (κ2) is 4.19. The van der Waals surface area contributed by atoms with Crippen molar-refractivity contribution in [1.29, 1.82) is 0 Å². The molecule has 0 atom stereocenters. The summed E-state index contributed by atoms with van der Waals surface area (Å²) in [6, 6.07) is 5.68. The van der Waals surface area contributed by atoms with Crippen molar-refractivity contribution in [2.45, 2.75) is 6.54 Å². The van der Waals surface area contributed by atoms with Gasteiger partial charge in [0.05, 0.1) is 18.2 Å². The highest BCUT2D eigenvalue weighted by Gasteiger charge is 2.24. The fourth-order valence-electron chi connectivity index (χ4n) is 1.30. The molecule has 14 heavy (non-hydrogen) atoms. The maximum atomic E-state index is 11.4. The lowest BCUT2D eigenvalue weighted by molar-refractivity contribution is -0.126. The molecule has 0 unspecified atom stereocenters. The summed E-state index contributed by atoms with van der Waals surface area (Å²) in [6.45, 7) is 2.12. The first kappa shape index (κ1) is 9.15. The van der Waals surface area contributed by atoms with E-state index in [0.717, 1.165) is 18.8 Å². The molecule has 0 radical (unpaired) electrons. The second-order valence-corrected chi connectivity index (χ2v) is 3.39. The van der Waals surface area contributed by atoms with Gasteiger partial charge in [-0.1, -0.05) is 6.07 Å². The van der Waals surface area contributed by atoms with Crippen LogP contribution in [0.2, 0.25) is 0 Å². The van der Waals surface area contributed by atoms with Gasteiger partial charge < -0.3 is 10.6 Å². The molecule has 1 aliphatic heterocycles. The van der Waals surface area contributed by atoms with Crippen LogP contribution in [0.15, 0.2) is 24.4 Å². The van der Waals surface area contributed by atoms with E-state index >= 15 is 0 Å². The largest absolute Gasteiger partial charge is 0.350 e. The Morgan fingerprint density at radius 1 is 1.57 bits per heavy atom. The van der Waals surface area contributed by atoms with Crippen molar-refractivity contribution < 1.29 is 4.79 Å². The van der Waals surface area contributed by atoms with Crippen LogP contribution >= 0.6 is 0 Å². The Balaban J connectivity index is 1.79. The molecule has 1 aromatic rings. The fourth-order valence-corrected chi connectivity index (χ4v) is 1.30. The van der Waals surface area contributed by atoms with Crippen LogP contribution in [-0.4, -0.2) is 24.0 Å². The maximum absolute atomic E-state index is 11.4.